The van der Waals surface area contributed by atoms with Crippen LogP contribution in [-0.4, -0.2) is 23.9 Å². The first-order valence-corrected chi connectivity index (χ1v) is 8.26. The first kappa shape index (κ1) is 18.1. The van der Waals surface area contributed by atoms with Gasteiger partial charge in [0.15, 0.2) is 0 Å². The summed E-state index contributed by atoms with van der Waals surface area (Å²) in [6.07, 6.45) is 0. The van der Waals surface area contributed by atoms with Crippen molar-refractivity contribution in [3.8, 4) is 0 Å². The number of aryl methyl sites for hydroxylation is 1. The molecular weight excluding hydrogens is 326 g/mol. The van der Waals surface area contributed by atoms with Crippen LogP contribution in [0.5, 0.6) is 0 Å². The van der Waals surface area contributed by atoms with Crippen molar-refractivity contribution >= 4 is 23.2 Å². The van der Waals surface area contributed by atoms with Crippen molar-refractivity contribution in [3.05, 3.63) is 51.0 Å². The van der Waals surface area contributed by atoms with Crippen LogP contribution in [-0.2, 0) is 16.9 Å². The van der Waals surface area contributed by atoms with Crippen LogP contribution in [0.2, 0.25) is 0 Å². The molecule has 0 aliphatic heterocycles. The Kier molecular flexibility index (Phi) is 5.36. The molecule has 0 radical (unpaired) electrons. The lowest BCUT2D eigenvalue weighted by Gasteiger charge is -2.19. The van der Waals surface area contributed by atoms with Gasteiger partial charge in [-0.2, -0.15) is 0 Å². The molecule has 0 aliphatic rings. The lowest BCUT2D eigenvalue weighted by Crippen LogP contribution is -2.23. The smallest absolute Gasteiger partial charge is 0.263 e. The maximum atomic E-state index is 12.4. The van der Waals surface area contributed by atoms with Crippen molar-refractivity contribution in [1.29, 1.82) is 0 Å². The summed E-state index contributed by atoms with van der Waals surface area (Å²) in [6, 6.07) is 6.87. The number of primary amides is 1. The highest BCUT2D eigenvalue weighted by molar-refractivity contribution is 7.14. The highest BCUT2D eigenvalue weighted by Crippen LogP contribution is 2.30. The van der Waals surface area contributed by atoms with Crippen molar-refractivity contribution in [2.75, 3.05) is 7.11 Å². The highest BCUT2D eigenvalue weighted by atomic mass is 32.1. The van der Waals surface area contributed by atoms with Gasteiger partial charge in [-0.05, 0) is 38.5 Å². The molecule has 1 aromatic carbocycles. The van der Waals surface area contributed by atoms with Crippen LogP contribution in [0.15, 0.2) is 24.3 Å². The van der Waals surface area contributed by atoms with E-state index in [1.54, 1.807) is 32.2 Å². The van der Waals surface area contributed by atoms with Crippen molar-refractivity contribution in [3.63, 3.8) is 0 Å². The molecule has 6 nitrogen and oxygen atoms in total. The molecule has 0 fully saturated rings. The number of ether oxygens (including phenoxy) is 1. The average Bonchev–Trinajstić information content (AvgIpc) is 2.95. The van der Waals surface area contributed by atoms with Crippen LogP contribution in [0.4, 0.5) is 0 Å². The predicted octanol–water partition coefficient (Wildman–Crippen LogP) is 2.36. The van der Waals surface area contributed by atoms with E-state index in [4.69, 9.17) is 10.5 Å². The standard InChI is InChI=1S/C17H21N3O3S/c1-10-13(24-16(20-10)17(2,3)23-4)15(22)19-9-11-6-5-7-12(8-11)14(18)21/h5-8H,9H2,1-4H3,(H2,18,21)(H,19,22). The number of carbonyl (C=O) groups excluding carboxylic acids is 2. The Bertz CT molecular complexity index is 768. The van der Waals surface area contributed by atoms with Gasteiger partial charge >= 0.3 is 0 Å². The van der Waals surface area contributed by atoms with E-state index in [-0.39, 0.29) is 5.91 Å². The zero-order valence-electron chi connectivity index (χ0n) is 14.2. The van der Waals surface area contributed by atoms with Gasteiger partial charge in [0, 0.05) is 19.2 Å². The van der Waals surface area contributed by atoms with Gasteiger partial charge in [-0.15, -0.1) is 11.3 Å². The Morgan fingerprint density at radius 2 is 2.08 bits per heavy atom. The number of benzene rings is 1. The second-order valence-corrected chi connectivity index (χ2v) is 6.89. The zero-order valence-corrected chi connectivity index (χ0v) is 15.0. The minimum absolute atomic E-state index is 0.201. The van der Waals surface area contributed by atoms with E-state index in [1.165, 1.54) is 11.3 Å². The third-order valence-corrected chi connectivity index (χ3v) is 5.15. The lowest BCUT2D eigenvalue weighted by molar-refractivity contribution is 0.0189. The summed E-state index contributed by atoms with van der Waals surface area (Å²) >= 11 is 1.32. The fraction of sp³-hybridized carbons (Fsp3) is 0.353. The first-order chi connectivity index (χ1) is 11.2. The molecule has 3 N–H and O–H groups in total. The van der Waals surface area contributed by atoms with E-state index in [0.29, 0.717) is 22.7 Å². The molecule has 0 aliphatic carbocycles. The number of methoxy groups -OCH3 is 1. The third-order valence-electron chi connectivity index (χ3n) is 3.69. The van der Waals surface area contributed by atoms with Gasteiger partial charge in [0.25, 0.3) is 5.91 Å². The molecule has 2 rings (SSSR count). The molecule has 0 bridgehead atoms. The average molecular weight is 347 g/mol. The minimum atomic E-state index is -0.538. The Morgan fingerprint density at radius 3 is 2.71 bits per heavy atom. The summed E-state index contributed by atoms with van der Waals surface area (Å²) < 4.78 is 5.41. The fourth-order valence-corrected chi connectivity index (χ4v) is 3.11. The van der Waals surface area contributed by atoms with Crippen LogP contribution < -0.4 is 11.1 Å². The molecule has 0 saturated carbocycles. The molecule has 1 aromatic heterocycles. The van der Waals surface area contributed by atoms with Gasteiger partial charge < -0.3 is 15.8 Å². The van der Waals surface area contributed by atoms with Gasteiger partial charge in [-0.3, -0.25) is 9.59 Å². The lowest BCUT2D eigenvalue weighted by atomic mass is 10.1. The number of nitrogens with zero attached hydrogens (tertiary/aromatic N) is 1. The van der Waals surface area contributed by atoms with E-state index in [9.17, 15) is 9.59 Å². The SMILES string of the molecule is COC(C)(C)c1nc(C)c(C(=O)NCc2cccc(C(N)=O)c2)s1. The van der Waals surface area contributed by atoms with Crippen LogP contribution in [0.3, 0.4) is 0 Å². The van der Waals surface area contributed by atoms with Crippen LogP contribution in [0, 0.1) is 6.92 Å². The summed E-state index contributed by atoms with van der Waals surface area (Å²) in [6.45, 7) is 5.92. The second-order valence-electron chi connectivity index (χ2n) is 5.90. The van der Waals surface area contributed by atoms with Gasteiger partial charge in [-0.1, -0.05) is 12.1 Å². The first-order valence-electron chi connectivity index (χ1n) is 7.44. The van der Waals surface area contributed by atoms with E-state index in [2.05, 4.69) is 10.3 Å². The van der Waals surface area contributed by atoms with E-state index < -0.39 is 11.5 Å². The molecule has 7 heteroatoms. The quantitative estimate of drug-likeness (QED) is 0.839. The number of hydrogen-bond donors (Lipinski definition) is 2. The largest absolute Gasteiger partial charge is 0.372 e. The summed E-state index contributed by atoms with van der Waals surface area (Å²) in [4.78, 5) is 28.6. The molecule has 128 valence electrons. The molecule has 2 amide bonds. The molecule has 24 heavy (non-hydrogen) atoms. The Morgan fingerprint density at radius 1 is 1.38 bits per heavy atom. The van der Waals surface area contributed by atoms with Crippen LogP contribution in [0.1, 0.15) is 50.1 Å². The van der Waals surface area contributed by atoms with Crippen molar-refractivity contribution < 1.29 is 14.3 Å². The number of aromatic nitrogens is 1. The molecule has 0 saturated heterocycles. The number of thiazole rings is 1. The molecule has 0 spiro atoms. The number of rotatable bonds is 6. The van der Waals surface area contributed by atoms with Crippen LogP contribution in [0.25, 0.3) is 0 Å². The number of nitrogens with two attached hydrogens (primary N) is 1. The van der Waals surface area contributed by atoms with Gasteiger partial charge in [0.2, 0.25) is 5.91 Å². The molecule has 1 heterocycles. The summed E-state index contributed by atoms with van der Waals surface area (Å²) in [5, 5.41) is 3.60. The number of hydrogen-bond acceptors (Lipinski definition) is 5. The minimum Gasteiger partial charge on any atom is -0.372 e. The molecule has 0 atom stereocenters. The maximum Gasteiger partial charge on any atom is 0.263 e. The van der Waals surface area contributed by atoms with Gasteiger partial charge in [0.1, 0.15) is 15.5 Å². The number of nitrogens with one attached hydrogen (secondary N) is 1. The zero-order chi connectivity index (χ0) is 17.9. The Labute approximate surface area is 145 Å². The number of carbonyl (C=O) groups is 2. The second kappa shape index (κ2) is 7.11. The predicted molar refractivity (Wildman–Crippen MR) is 93.0 cm³/mol. The van der Waals surface area contributed by atoms with E-state index in [0.717, 1.165) is 10.6 Å². The van der Waals surface area contributed by atoms with Crippen molar-refractivity contribution in [2.24, 2.45) is 5.73 Å². The topological polar surface area (TPSA) is 94.3 Å². The summed E-state index contributed by atoms with van der Waals surface area (Å²) in [5.41, 5.74) is 6.61. The molecular formula is C17H21N3O3S. The highest BCUT2D eigenvalue weighted by Gasteiger charge is 2.26. The van der Waals surface area contributed by atoms with Crippen molar-refractivity contribution in [1.82, 2.24) is 10.3 Å². The van der Waals surface area contributed by atoms with Gasteiger partial charge in [-0.25, -0.2) is 4.98 Å². The number of amides is 2. The summed E-state index contributed by atoms with van der Waals surface area (Å²) in [5.74, 6) is -0.694. The molecule has 2 aromatic rings. The monoisotopic (exact) mass is 347 g/mol. The Hall–Kier alpha value is -2.25. The van der Waals surface area contributed by atoms with E-state index >= 15 is 0 Å². The van der Waals surface area contributed by atoms with Crippen LogP contribution >= 0.6 is 11.3 Å². The normalized spacial score (nSPS) is 11.3. The fourth-order valence-electron chi connectivity index (χ4n) is 2.05. The third kappa shape index (κ3) is 3.98. The van der Waals surface area contributed by atoms with Gasteiger partial charge in [0.05, 0.1) is 5.69 Å². The molecule has 0 unspecified atom stereocenters. The van der Waals surface area contributed by atoms with E-state index in [1.807, 2.05) is 19.9 Å². The Balaban J connectivity index is 2.11. The maximum absolute atomic E-state index is 12.4. The summed E-state index contributed by atoms with van der Waals surface area (Å²) in [7, 11) is 1.61. The van der Waals surface area contributed by atoms with Crippen molar-refractivity contribution in [2.45, 2.75) is 32.9 Å².